The number of rotatable bonds is 3. The predicted molar refractivity (Wildman–Crippen MR) is 65.6 cm³/mol. The first-order valence-electron chi connectivity index (χ1n) is 5.56. The third-order valence-corrected chi connectivity index (χ3v) is 2.43. The van der Waals surface area contributed by atoms with Crippen molar-refractivity contribution in [3.63, 3.8) is 0 Å². The predicted octanol–water partition coefficient (Wildman–Crippen LogP) is 1.30. The van der Waals surface area contributed by atoms with Crippen molar-refractivity contribution in [3.8, 4) is 5.75 Å². The highest BCUT2D eigenvalue weighted by Crippen LogP contribution is 2.30. The Balaban J connectivity index is 2.31. The van der Waals surface area contributed by atoms with Gasteiger partial charge in [-0.05, 0) is 12.1 Å². The molecule has 0 fully saturated rings. The summed E-state index contributed by atoms with van der Waals surface area (Å²) < 4.78 is 10.2. The molecule has 1 N–H and O–H groups in total. The smallest absolute Gasteiger partial charge is 0.416 e. The Labute approximate surface area is 109 Å². The number of ether oxygens (including phenoxy) is 2. The molecule has 7 heteroatoms. The van der Waals surface area contributed by atoms with E-state index in [0.717, 1.165) is 0 Å². The van der Waals surface area contributed by atoms with Crippen LogP contribution in [-0.2, 0) is 4.74 Å². The number of anilines is 1. The quantitative estimate of drug-likeness (QED) is 0.828. The lowest BCUT2D eigenvalue weighted by atomic mass is 10.3. The summed E-state index contributed by atoms with van der Waals surface area (Å²) in [5.41, 5.74) is -0.161. The summed E-state index contributed by atoms with van der Waals surface area (Å²) >= 11 is 0. The van der Waals surface area contributed by atoms with Crippen molar-refractivity contribution in [2.75, 3.05) is 24.7 Å². The van der Waals surface area contributed by atoms with E-state index in [9.17, 15) is 9.59 Å². The van der Waals surface area contributed by atoms with E-state index < -0.39 is 12.1 Å². The zero-order valence-corrected chi connectivity index (χ0v) is 10.0. The van der Waals surface area contributed by atoms with Crippen LogP contribution < -0.4 is 9.64 Å². The van der Waals surface area contributed by atoms with Gasteiger partial charge in [0.25, 0.3) is 0 Å². The molecule has 0 bridgehead atoms. The van der Waals surface area contributed by atoms with Gasteiger partial charge < -0.3 is 14.6 Å². The molecule has 0 saturated heterocycles. The third-order valence-electron chi connectivity index (χ3n) is 2.43. The van der Waals surface area contributed by atoms with Crippen molar-refractivity contribution in [2.45, 2.75) is 0 Å². The highest BCUT2D eigenvalue weighted by atomic mass is 16.6. The van der Waals surface area contributed by atoms with Crippen LogP contribution >= 0.6 is 0 Å². The number of hydrogen-bond acceptors (Lipinski definition) is 5. The van der Waals surface area contributed by atoms with Gasteiger partial charge in [0.2, 0.25) is 0 Å². The lowest BCUT2D eigenvalue weighted by Gasteiger charge is -2.27. The Bertz CT molecular complexity index is 529. The number of pyridine rings is 1. The van der Waals surface area contributed by atoms with Gasteiger partial charge in [0.15, 0.2) is 17.3 Å². The lowest BCUT2D eigenvalue weighted by molar-refractivity contribution is 0.0690. The maximum atomic E-state index is 11.8. The van der Waals surface area contributed by atoms with Crippen molar-refractivity contribution in [1.29, 1.82) is 0 Å². The van der Waals surface area contributed by atoms with Crippen LogP contribution in [0.2, 0.25) is 0 Å². The number of hydrogen-bond donors (Lipinski definition) is 1. The van der Waals surface area contributed by atoms with Gasteiger partial charge in [-0.2, -0.15) is 0 Å². The second-order valence-electron chi connectivity index (χ2n) is 3.69. The van der Waals surface area contributed by atoms with Crippen LogP contribution in [0.5, 0.6) is 5.75 Å². The molecule has 7 nitrogen and oxygen atoms in total. The molecule has 0 aromatic carbocycles. The van der Waals surface area contributed by atoms with Gasteiger partial charge in [-0.15, -0.1) is 0 Å². The number of aromatic nitrogens is 1. The van der Waals surface area contributed by atoms with E-state index in [1.807, 2.05) is 0 Å². The summed E-state index contributed by atoms with van der Waals surface area (Å²) in [6, 6.07) is 2.79. The topological polar surface area (TPSA) is 89.0 Å². The standard InChI is InChI=1S/C12H12N2O5/c1-2-6-19-12(17)14-5-7-18-9-4-3-8(11(15)16)13-10(9)14/h2-4H,1,5-7H2,(H,15,16). The molecule has 1 aliphatic heterocycles. The maximum Gasteiger partial charge on any atom is 0.416 e. The molecule has 0 spiro atoms. The third kappa shape index (κ3) is 2.65. The molecule has 1 amide bonds. The maximum absolute atomic E-state index is 11.8. The van der Waals surface area contributed by atoms with Crippen molar-refractivity contribution in [3.05, 3.63) is 30.5 Å². The first kappa shape index (κ1) is 12.9. The van der Waals surface area contributed by atoms with Crippen LogP contribution in [0.3, 0.4) is 0 Å². The number of amides is 1. The van der Waals surface area contributed by atoms with Crippen molar-refractivity contribution in [2.24, 2.45) is 0 Å². The molecule has 0 radical (unpaired) electrons. The SMILES string of the molecule is C=CCOC(=O)N1CCOc2ccc(C(=O)O)nc21. The summed E-state index contributed by atoms with van der Waals surface area (Å²) in [5.74, 6) is -0.667. The zero-order chi connectivity index (χ0) is 13.8. The van der Waals surface area contributed by atoms with Crippen molar-refractivity contribution < 1.29 is 24.2 Å². The number of nitrogens with zero attached hydrogens (tertiary/aromatic N) is 2. The first-order valence-corrected chi connectivity index (χ1v) is 5.56. The number of aromatic carboxylic acids is 1. The van der Waals surface area contributed by atoms with E-state index in [1.54, 1.807) is 0 Å². The van der Waals surface area contributed by atoms with Gasteiger partial charge in [0, 0.05) is 0 Å². The molecule has 0 atom stereocenters. The Hall–Kier alpha value is -2.57. The van der Waals surface area contributed by atoms with Crippen LogP contribution in [0.1, 0.15) is 10.5 Å². The number of carbonyl (C=O) groups is 2. The molecular formula is C12H12N2O5. The normalized spacial score (nSPS) is 13.2. The fourth-order valence-corrected chi connectivity index (χ4v) is 1.60. The van der Waals surface area contributed by atoms with E-state index >= 15 is 0 Å². The minimum atomic E-state index is -1.17. The second kappa shape index (κ2) is 5.38. The highest BCUT2D eigenvalue weighted by molar-refractivity contribution is 5.91. The summed E-state index contributed by atoms with van der Waals surface area (Å²) in [6.45, 7) is 4.06. The molecule has 0 saturated carbocycles. The van der Waals surface area contributed by atoms with Crippen LogP contribution in [0.15, 0.2) is 24.8 Å². The Morgan fingerprint density at radius 1 is 1.58 bits per heavy atom. The Morgan fingerprint density at radius 2 is 2.37 bits per heavy atom. The summed E-state index contributed by atoms with van der Waals surface area (Å²) in [7, 11) is 0. The fraction of sp³-hybridized carbons (Fsp3) is 0.250. The van der Waals surface area contributed by atoms with E-state index in [2.05, 4.69) is 11.6 Å². The minimum absolute atomic E-state index is 0.0736. The average Bonchev–Trinajstić information content (AvgIpc) is 2.43. The molecular weight excluding hydrogens is 252 g/mol. The fourth-order valence-electron chi connectivity index (χ4n) is 1.60. The molecule has 100 valence electrons. The lowest BCUT2D eigenvalue weighted by Crippen LogP contribution is -2.39. The molecule has 1 aromatic heterocycles. The molecule has 19 heavy (non-hydrogen) atoms. The van der Waals surface area contributed by atoms with Crippen LogP contribution in [0.4, 0.5) is 10.6 Å². The van der Waals surface area contributed by atoms with E-state index in [4.69, 9.17) is 14.6 Å². The summed E-state index contributed by atoms with van der Waals surface area (Å²) in [4.78, 5) is 27.8. The second-order valence-corrected chi connectivity index (χ2v) is 3.69. The number of carbonyl (C=O) groups excluding carboxylic acids is 1. The van der Waals surface area contributed by atoms with Gasteiger partial charge in [-0.1, -0.05) is 12.7 Å². The zero-order valence-electron chi connectivity index (χ0n) is 10.0. The minimum Gasteiger partial charge on any atom is -0.488 e. The van der Waals surface area contributed by atoms with Gasteiger partial charge in [0.1, 0.15) is 13.2 Å². The molecule has 0 unspecified atom stereocenters. The molecule has 1 aliphatic rings. The monoisotopic (exact) mass is 264 g/mol. The highest BCUT2D eigenvalue weighted by Gasteiger charge is 2.27. The molecule has 2 rings (SSSR count). The number of fused-ring (bicyclic) bond motifs is 1. The van der Waals surface area contributed by atoms with Crippen LogP contribution in [0.25, 0.3) is 0 Å². The van der Waals surface area contributed by atoms with Gasteiger partial charge >= 0.3 is 12.1 Å². The Kier molecular flexibility index (Phi) is 3.65. The van der Waals surface area contributed by atoms with E-state index in [-0.39, 0.29) is 24.7 Å². The largest absolute Gasteiger partial charge is 0.488 e. The van der Waals surface area contributed by atoms with E-state index in [0.29, 0.717) is 12.4 Å². The molecule has 1 aromatic rings. The van der Waals surface area contributed by atoms with Gasteiger partial charge in [-0.25, -0.2) is 14.6 Å². The number of carboxylic acid groups (broad SMARTS) is 1. The van der Waals surface area contributed by atoms with Gasteiger partial charge in [-0.3, -0.25) is 4.90 Å². The van der Waals surface area contributed by atoms with Crippen molar-refractivity contribution >= 4 is 17.9 Å². The summed E-state index contributed by atoms with van der Waals surface area (Å²) in [5, 5.41) is 8.90. The summed E-state index contributed by atoms with van der Waals surface area (Å²) in [6.07, 6.45) is 0.833. The van der Waals surface area contributed by atoms with Gasteiger partial charge in [0.05, 0.1) is 6.54 Å². The number of carboxylic acids is 1. The van der Waals surface area contributed by atoms with Crippen molar-refractivity contribution in [1.82, 2.24) is 4.98 Å². The molecule has 2 heterocycles. The average molecular weight is 264 g/mol. The first-order chi connectivity index (χ1) is 9.13. The van der Waals surface area contributed by atoms with Crippen LogP contribution in [-0.4, -0.2) is 41.9 Å². The van der Waals surface area contributed by atoms with Crippen LogP contribution in [0, 0.1) is 0 Å². The molecule has 0 aliphatic carbocycles. The Morgan fingerprint density at radius 3 is 3.05 bits per heavy atom. The van der Waals surface area contributed by atoms with E-state index in [1.165, 1.54) is 23.1 Å².